The van der Waals surface area contributed by atoms with Crippen LogP contribution in [0.4, 0.5) is 0 Å². The zero-order chi connectivity index (χ0) is 32.0. The van der Waals surface area contributed by atoms with Crippen molar-refractivity contribution in [3.63, 3.8) is 0 Å². The molecule has 46 heavy (non-hydrogen) atoms. The molecule has 0 saturated carbocycles. The number of hydrogen-bond acceptors (Lipinski definition) is 6. The third-order valence-electron chi connectivity index (χ3n) is 9.98. The molecule has 1 aromatic heterocycles. The minimum absolute atomic E-state index is 0.0219. The molecule has 0 bridgehead atoms. The molecule has 242 valence electrons. The molecule has 3 aromatic rings. The number of benzene rings is 2. The first-order valence-corrected chi connectivity index (χ1v) is 16.7. The summed E-state index contributed by atoms with van der Waals surface area (Å²) in [6, 6.07) is 22.2. The van der Waals surface area contributed by atoms with E-state index >= 15 is 0 Å². The topological polar surface area (TPSA) is 97.3 Å². The Balaban J connectivity index is 1.07. The van der Waals surface area contributed by atoms with Crippen molar-refractivity contribution in [2.45, 2.75) is 45.1 Å². The number of aliphatic hydroxyl groups is 1. The number of carbonyl (C=O) groups excluding carboxylic acids is 3. The van der Waals surface area contributed by atoms with Crippen LogP contribution in [0.5, 0.6) is 0 Å². The van der Waals surface area contributed by atoms with Gasteiger partial charge in [0.2, 0.25) is 11.8 Å². The second kappa shape index (κ2) is 14.6. The van der Waals surface area contributed by atoms with E-state index in [0.717, 1.165) is 79.9 Å². The highest BCUT2D eigenvalue weighted by Gasteiger charge is 2.34. The third-order valence-corrected chi connectivity index (χ3v) is 9.98. The highest BCUT2D eigenvalue weighted by molar-refractivity contribution is 5.96. The van der Waals surface area contributed by atoms with E-state index in [4.69, 9.17) is 4.98 Å². The Bertz CT molecular complexity index is 1500. The van der Waals surface area contributed by atoms with Crippen LogP contribution in [-0.4, -0.2) is 112 Å². The summed E-state index contributed by atoms with van der Waals surface area (Å²) in [5.74, 6) is 0.402. The van der Waals surface area contributed by atoms with E-state index in [0.29, 0.717) is 44.2 Å². The van der Waals surface area contributed by atoms with Crippen molar-refractivity contribution in [3.8, 4) is 22.5 Å². The van der Waals surface area contributed by atoms with Gasteiger partial charge in [-0.2, -0.15) is 0 Å². The molecule has 0 spiro atoms. The summed E-state index contributed by atoms with van der Waals surface area (Å²) in [6.07, 6.45) is 4.04. The van der Waals surface area contributed by atoms with Gasteiger partial charge >= 0.3 is 0 Å². The van der Waals surface area contributed by atoms with Crippen molar-refractivity contribution in [2.24, 2.45) is 5.92 Å². The molecule has 0 aliphatic carbocycles. The molecule has 6 rings (SSSR count). The number of rotatable bonds is 7. The van der Waals surface area contributed by atoms with Gasteiger partial charge in [-0.3, -0.25) is 19.3 Å². The Morgan fingerprint density at radius 2 is 1.30 bits per heavy atom. The van der Waals surface area contributed by atoms with Gasteiger partial charge in [-0.05, 0) is 49.8 Å². The van der Waals surface area contributed by atoms with Crippen molar-refractivity contribution in [3.05, 3.63) is 77.9 Å². The predicted molar refractivity (Wildman–Crippen MR) is 178 cm³/mol. The van der Waals surface area contributed by atoms with E-state index in [2.05, 4.69) is 4.90 Å². The second-order valence-electron chi connectivity index (χ2n) is 12.8. The summed E-state index contributed by atoms with van der Waals surface area (Å²) in [5.41, 5.74) is 5.12. The van der Waals surface area contributed by atoms with E-state index < -0.39 is 0 Å². The van der Waals surface area contributed by atoms with Crippen LogP contribution in [0.25, 0.3) is 22.5 Å². The van der Waals surface area contributed by atoms with Crippen LogP contribution in [0.3, 0.4) is 0 Å². The highest BCUT2D eigenvalue weighted by Crippen LogP contribution is 2.28. The largest absolute Gasteiger partial charge is 0.396 e. The number of carbonyl (C=O) groups is 3. The SMILES string of the molecule is CC(=O)N1CCC(C(=O)N2CCC(N3CCN(C(=O)c4cc(-c5ccccc5)nc(-c5ccc(CCO)cc5)c4)CC3)CC2)CC1. The number of pyridine rings is 1. The van der Waals surface area contributed by atoms with Gasteiger partial charge in [0.1, 0.15) is 0 Å². The van der Waals surface area contributed by atoms with E-state index in [-0.39, 0.29) is 30.2 Å². The lowest BCUT2D eigenvalue weighted by atomic mass is 9.93. The lowest BCUT2D eigenvalue weighted by Crippen LogP contribution is -2.55. The van der Waals surface area contributed by atoms with Crippen molar-refractivity contribution >= 4 is 17.7 Å². The predicted octanol–water partition coefficient (Wildman–Crippen LogP) is 3.96. The molecule has 0 radical (unpaired) electrons. The molecule has 4 heterocycles. The lowest BCUT2D eigenvalue weighted by molar-refractivity contribution is -0.141. The first-order chi connectivity index (χ1) is 22.4. The molecule has 3 fully saturated rings. The van der Waals surface area contributed by atoms with Crippen molar-refractivity contribution < 1.29 is 19.5 Å². The van der Waals surface area contributed by atoms with Crippen molar-refractivity contribution in [1.82, 2.24) is 24.6 Å². The molecule has 9 nitrogen and oxygen atoms in total. The first kappa shape index (κ1) is 31.9. The highest BCUT2D eigenvalue weighted by atomic mass is 16.3. The number of piperidine rings is 2. The second-order valence-corrected chi connectivity index (χ2v) is 12.8. The fourth-order valence-electron chi connectivity index (χ4n) is 7.15. The maximum absolute atomic E-state index is 13.9. The molecular weight excluding hydrogens is 578 g/mol. The van der Waals surface area contributed by atoms with Crippen LogP contribution in [-0.2, 0) is 16.0 Å². The fourth-order valence-corrected chi connectivity index (χ4v) is 7.15. The number of hydrogen-bond donors (Lipinski definition) is 1. The Morgan fingerprint density at radius 1 is 0.717 bits per heavy atom. The van der Waals surface area contributed by atoms with Crippen LogP contribution in [0.2, 0.25) is 0 Å². The smallest absolute Gasteiger partial charge is 0.254 e. The molecule has 3 saturated heterocycles. The molecule has 2 aromatic carbocycles. The van der Waals surface area contributed by atoms with Gasteiger partial charge in [-0.1, -0.05) is 54.6 Å². The fraction of sp³-hybridized carbons (Fsp3) is 0.459. The molecule has 3 aliphatic heterocycles. The summed E-state index contributed by atoms with van der Waals surface area (Å²) in [7, 11) is 0. The zero-order valence-electron chi connectivity index (χ0n) is 26.8. The molecule has 9 heteroatoms. The van der Waals surface area contributed by atoms with Gasteiger partial charge in [-0.15, -0.1) is 0 Å². The number of amides is 3. The molecule has 3 amide bonds. The van der Waals surface area contributed by atoms with Gasteiger partial charge in [0.05, 0.1) is 11.4 Å². The molecule has 0 unspecified atom stereocenters. The number of nitrogens with zero attached hydrogens (tertiary/aromatic N) is 5. The standard InChI is InChI=1S/C37H45N5O4/c1-27(44)39-16-11-31(12-17-39)36(45)41-18-13-33(14-19-41)40-20-22-42(23-21-40)37(46)32-25-34(29-5-3-2-4-6-29)38-35(26-32)30-9-7-28(8-10-30)15-24-43/h2-10,25-26,31,33,43H,11-24H2,1H3. The van der Waals surface area contributed by atoms with Crippen LogP contribution in [0.15, 0.2) is 66.7 Å². The summed E-state index contributed by atoms with van der Waals surface area (Å²) >= 11 is 0. The number of aromatic nitrogens is 1. The maximum Gasteiger partial charge on any atom is 0.254 e. The van der Waals surface area contributed by atoms with Crippen LogP contribution in [0.1, 0.15) is 48.5 Å². The number of aliphatic hydroxyl groups excluding tert-OH is 1. The normalized spacial score (nSPS) is 18.5. The summed E-state index contributed by atoms with van der Waals surface area (Å²) in [4.78, 5) is 52.0. The van der Waals surface area contributed by atoms with Gasteiger partial charge < -0.3 is 19.8 Å². The van der Waals surface area contributed by atoms with Crippen molar-refractivity contribution in [1.29, 1.82) is 0 Å². The first-order valence-electron chi connectivity index (χ1n) is 16.7. The van der Waals surface area contributed by atoms with Gasteiger partial charge in [0, 0.05) is 94.5 Å². The van der Waals surface area contributed by atoms with Crippen LogP contribution >= 0.6 is 0 Å². The third kappa shape index (κ3) is 7.32. The van der Waals surface area contributed by atoms with E-state index in [1.54, 1.807) is 6.92 Å². The lowest BCUT2D eigenvalue weighted by Gasteiger charge is -2.43. The Kier molecular flexibility index (Phi) is 10.1. The molecular formula is C37H45N5O4. The minimum Gasteiger partial charge on any atom is -0.396 e. The van der Waals surface area contributed by atoms with Gasteiger partial charge in [-0.25, -0.2) is 4.98 Å². The van der Waals surface area contributed by atoms with E-state index in [9.17, 15) is 19.5 Å². The summed E-state index contributed by atoms with van der Waals surface area (Å²) in [6.45, 7) is 7.60. The van der Waals surface area contributed by atoms with Gasteiger partial charge in [0.25, 0.3) is 5.91 Å². The zero-order valence-corrected chi connectivity index (χ0v) is 26.8. The average Bonchev–Trinajstić information content (AvgIpc) is 3.12. The Morgan fingerprint density at radius 3 is 1.89 bits per heavy atom. The maximum atomic E-state index is 13.9. The van der Waals surface area contributed by atoms with Gasteiger partial charge in [0.15, 0.2) is 0 Å². The van der Waals surface area contributed by atoms with Crippen LogP contribution < -0.4 is 0 Å². The molecule has 1 N–H and O–H groups in total. The van der Waals surface area contributed by atoms with Crippen LogP contribution in [0, 0.1) is 5.92 Å². The van der Waals surface area contributed by atoms with E-state index in [1.807, 2.05) is 81.4 Å². The van der Waals surface area contributed by atoms with E-state index in [1.165, 1.54) is 0 Å². The van der Waals surface area contributed by atoms with Crippen molar-refractivity contribution in [2.75, 3.05) is 59.0 Å². The monoisotopic (exact) mass is 623 g/mol. The summed E-state index contributed by atoms with van der Waals surface area (Å²) in [5, 5.41) is 9.29. The average molecular weight is 624 g/mol. The number of piperazine rings is 1. The molecule has 3 aliphatic rings. The Hall–Kier alpha value is -4.08. The number of likely N-dealkylation sites (tertiary alicyclic amines) is 2. The molecule has 0 atom stereocenters. The Labute approximate surface area is 271 Å². The minimum atomic E-state index is 0.0219. The summed E-state index contributed by atoms with van der Waals surface area (Å²) < 4.78 is 0. The quantitative estimate of drug-likeness (QED) is 0.428.